The Labute approximate surface area is 202 Å². The molecule has 0 N–H and O–H groups in total. The van der Waals surface area contributed by atoms with Crippen LogP contribution in [0.5, 0.6) is 5.75 Å². The number of benzene rings is 2. The summed E-state index contributed by atoms with van der Waals surface area (Å²) in [5, 5.41) is 5.34. The van der Waals surface area contributed by atoms with Gasteiger partial charge in [-0.1, -0.05) is 34.5 Å². The molecule has 2 aromatic carbocycles. The molecule has 4 rings (SSSR count). The Kier molecular flexibility index (Phi) is 6.83. The summed E-state index contributed by atoms with van der Waals surface area (Å²) in [5.41, 5.74) is 1.78. The Morgan fingerprint density at radius 2 is 1.97 bits per heavy atom. The van der Waals surface area contributed by atoms with E-state index in [4.69, 9.17) is 27.9 Å². The number of halogens is 4. The number of carbonyl (C=O) groups excluding carboxylic acids is 1. The van der Waals surface area contributed by atoms with E-state index >= 15 is 0 Å². The monoisotopic (exact) mass is 510 g/mol. The summed E-state index contributed by atoms with van der Waals surface area (Å²) in [4.78, 5) is 18.8. The van der Waals surface area contributed by atoms with Crippen LogP contribution in [0.4, 0.5) is 13.9 Å². The van der Waals surface area contributed by atoms with Gasteiger partial charge in [-0.3, -0.25) is 14.4 Å². The second-order valence-corrected chi connectivity index (χ2v) is 9.14. The number of anilines is 1. The summed E-state index contributed by atoms with van der Waals surface area (Å²) in [6.07, 6.45) is 0. The second kappa shape index (κ2) is 9.62. The van der Waals surface area contributed by atoms with Crippen LogP contribution in [0.25, 0.3) is 10.2 Å². The molecule has 0 aliphatic rings. The lowest BCUT2D eigenvalue weighted by Crippen LogP contribution is -2.37. The highest BCUT2D eigenvalue weighted by atomic mass is 35.5. The van der Waals surface area contributed by atoms with Gasteiger partial charge in [-0.05, 0) is 44.2 Å². The summed E-state index contributed by atoms with van der Waals surface area (Å²) in [5.74, 6) is -1.63. The van der Waals surface area contributed by atoms with Crippen molar-refractivity contribution in [3.05, 3.63) is 69.5 Å². The average molecular weight is 511 g/mol. The van der Waals surface area contributed by atoms with Crippen LogP contribution in [-0.2, 0) is 11.3 Å². The quantitative estimate of drug-likeness (QED) is 0.315. The van der Waals surface area contributed by atoms with E-state index < -0.39 is 17.5 Å². The van der Waals surface area contributed by atoms with Crippen LogP contribution in [0, 0.1) is 25.5 Å². The van der Waals surface area contributed by atoms with Gasteiger partial charge in [0.05, 0.1) is 22.0 Å². The van der Waals surface area contributed by atoms with Gasteiger partial charge in [0, 0.05) is 23.3 Å². The van der Waals surface area contributed by atoms with Crippen LogP contribution in [0.3, 0.4) is 0 Å². The van der Waals surface area contributed by atoms with Gasteiger partial charge in [0.2, 0.25) is 0 Å². The number of ether oxygens (including phenoxy) is 1. The SMILES string of the molecule is Cc1cc(C)n(CCN(C(=O)COc2ccc(Cl)cc2Cl)c2nc3c(F)cc(F)cc3s2)n1. The summed E-state index contributed by atoms with van der Waals surface area (Å²) >= 11 is 13.0. The first-order valence-corrected chi connectivity index (χ1v) is 11.4. The molecule has 2 aromatic heterocycles. The maximum Gasteiger partial charge on any atom is 0.266 e. The zero-order chi connectivity index (χ0) is 23.7. The van der Waals surface area contributed by atoms with Gasteiger partial charge in [-0.25, -0.2) is 13.8 Å². The Bertz CT molecular complexity index is 1340. The van der Waals surface area contributed by atoms with Crippen molar-refractivity contribution < 1.29 is 18.3 Å². The minimum absolute atomic E-state index is 0.00183. The minimum atomic E-state index is -0.789. The normalized spacial score (nSPS) is 11.2. The third kappa shape index (κ3) is 5.26. The van der Waals surface area contributed by atoms with Crippen molar-refractivity contribution in [3.63, 3.8) is 0 Å². The van der Waals surface area contributed by atoms with Gasteiger partial charge in [0.15, 0.2) is 17.6 Å². The molecule has 0 saturated heterocycles. The molecule has 0 unspecified atom stereocenters. The molecule has 11 heteroatoms. The highest BCUT2D eigenvalue weighted by molar-refractivity contribution is 7.22. The lowest BCUT2D eigenvalue weighted by Gasteiger charge is -2.20. The van der Waals surface area contributed by atoms with E-state index in [9.17, 15) is 13.6 Å². The van der Waals surface area contributed by atoms with Crippen LogP contribution in [0.1, 0.15) is 11.4 Å². The van der Waals surface area contributed by atoms with Crippen LogP contribution >= 0.6 is 34.5 Å². The predicted octanol–water partition coefficient (Wildman–Crippen LogP) is 5.81. The van der Waals surface area contributed by atoms with Gasteiger partial charge >= 0.3 is 0 Å². The third-order valence-corrected chi connectivity index (χ3v) is 6.37. The van der Waals surface area contributed by atoms with Crippen molar-refractivity contribution in [3.8, 4) is 5.75 Å². The Hall–Kier alpha value is -2.75. The summed E-state index contributed by atoms with van der Waals surface area (Å²) in [6, 6.07) is 8.54. The van der Waals surface area contributed by atoms with E-state index in [1.807, 2.05) is 19.9 Å². The second-order valence-electron chi connectivity index (χ2n) is 7.29. The molecular formula is C22H18Cl2F2N4O2S. The summed E-state index contributed by atoms with van der Waals surface area (Å²) < 4.78 is 35.5. The topological polar surface area (TPSA) is 60.2 Å². The number of fused-ring (bicyclic) bond motifs is 1. The highest BCUT2D eigenvalue weighted by Gasteiger charge is 2.22. The predicted molar refractivity (Wildman–Crippen MR) is 126 cm³/mol. The highest BCUT2D eigenvalue weighted by Crippen LogP contribution is 2.32. The number of rotatable bonds is 7. The molecule has 4 aromatic rings. The Balaban J connectivity index is 1.60. The van der Waals surface area contributed by atoms with E-state index in [2.05, 4.69) is 10.1 Å². The molecule has 0 bridgehead atoms. The maximum atomic E-state index is 14.2. The average Bonchev–Trinajstić information content (AvgIpc) is 3.30. The Morgan fingerprint density at radius 3 is 2.67 bits per heavy atom. The maximum absolute atomic E-state index is 14.2. The molecule has 172 valence electrons. The van der Waals surface area contributed by atoms with Crippen molar-refractivity contribution in [2.75, 3.05) is 18.1 Å². The molecule has 0 spiro atoms. The van der Waals surface area contributed by atoms with E-state index in [0.29, 0.717) is 22.0 Å². The number of hydrogen-bond acceptors (Lipinski definition) is 5. The number of nitrogens with zero attached hydrogens (tertiary/aromatic N) is 4. The number of amides is 1. The molecule has 33 heavy (non-hydrogen) atoms. The van der Waals surface area contributed by atoms with Crippen LogP contribution in [0.2, 0.25) is 10.0 Å². The standard InChI is InChI=1S/C22H18Cl2F2N4O2S/c1-12-7-13(2)30(28-12)6-5-29(20(31)11-32-18-4-3-14(23)8-16(18)24)22-27-21-17(26)9-15(25)10-19(21)33-22/h3-4,7-10H,5-6,11H2,1-2H3. The number of hydrogen-bond donors (Lipinski definition) is 0. The minimum Gasteiger partial charge on any atom is -0.482 e. The zero-order valence-electron chi connectivity index (χ0n) is 17.6. The first-order valence-electron chi connectivity index (χ1n) is 9.86. The molecule has 0 atom stereocenters. The number of aryl methyl sites for hydroxylation is 2. The first-order chi connectivity index (χ1) is 15.7. The molecule has 0 saturated carbocycles. The molecule has 2 heterocycles. The third-order valence-electron chi connectivity index (χ3n) is 4.82. The van der Waals surface area contributed by atoms with Crippen molar-refractivity contribution >= 4 is 55.8 Å². The molecular weight excluding hydrogens is 493 g/mol. The number of aromatic nitrogens is 3. The number of thiazole rings is 1. The van der Waals surface area contributed by atoms with Crippen molar-refractivity contribution in [2.45, 2.75) is 20.4 Å². The molecule has 1 amide bonds. The van der Waals surface area contributed by atoms with Crippen molar-refractivity contribution in [2.24, 2.45) is 0 Å². The van der Waals surface area contributed by atoms with Crippen molar-refractivity contribution in [1.29, 1.82) is 0 Å². The Morgan fingerprint density at radius 1 is 1.18 bits per heavy atom. The largest absolute Gasteiger partial charge is 0.482 e. The first kappa shape index (κ1) is 23.4. The van der Waals surface area contributed by atoms with Crippen LogP contribution < -0.4 is 9.64 Å². The van der Waals surface area contributed by atoms with Gasteiger partial charge < -0.3 is 4.74 Å². The van der Waals surface area contributed by atoms with Gasteiger partial charge in [0.1, 0.15) is 17.1 Å². The fourth-order valence-corrected chi connectivity index (χ4v) is 4.80. The lowest BCUT2D eigenvalue weighted by atomic mass is 10.3. The van der Waals surface area contributed by atoms with Crippen LogP contribution in [0.15, 0.2) is 36.4 Å². The summed E-state index contributed by atoms with van der Waals surface area (Å²) in [6.45, 7) is 4.02. The zero-order valence-corrected chi connectivity index (χ0v) is 19.9. The smallest absolute Gasteiger partial charge is 0.266 e. The molecule has 0 aliphatic carbocycles. The van der Waals surface area contributed by atoms with Crippen molar-refractivity contribution in [1.82, 2.24) is 14.8 Å². The summed E-state index contributed by atoms with van der Waals surface area (Å²) in [7, 11) is 0. The van der Waals surface area contributed by atoms with E-state index in [1.165, 1.54) is 17.0 Å². The van der Waals surface area contributed by atoms with E-state index in [0.717, 1.165) is 28.8 Å². The number of carbonyl (C=O) groups is 1. The fraction of sp³-hybridized carbons (Fsp3) is 0.227. The molecule has 6 nitrogen and oxygen atoms in total. The van der Waals surface area contributed by atoms with E-state index in [1.54, 1.807) is 16.8 Å². The molecule has 0 fully saturated rings. The van der Waals surface area contributed by atoms with Crippen LogP contribution in [-0.4, -0.2) is 33.8 Å². The molecule has 0 aliphatic heterocycles. The van der Waals surface area contributed by atoms with Gasteiger partial charge in [-0.15, -0.1) is 0 Å². The van der Waals surface area contributed by atoms with Gasteiger partial charge in [0.25, 0.3) is 5.91 Å². The fourth-order valence-electron chi connectivity index (χ4n) is 3.29. The molecule has 0 radical (unpaired) electrons. The van der Waals surface area contributed by atoms with E-state index in [-0.39, 0.29) is 28.8 Å². The van der Waals surface area contributed by atoms with Gasteiger partial charge in [-0.2, -0.15) is 5.10 Å². The lowest BCUT2D eigenvalue weighted by molar-refractivity contribution is -0.120.